The summed E-state index contributed by atoms with van der Waals surface area (Å²) in [6.07, 6.45) is 1.68. The van der Waals surface area contributed by atoms with E-state index in [4.69, 9.17) is 11.6 Å². The lowest BCUT2D eigenvalue weighted by molar-refractivity contribution is 0.550. The average molecular weight is 121 g/mol. The lowest BCUT2D eigenvalue weighted by Crippen LogP contribution is -2.18. The first kappa shape index (κ1) is 6.92. The van der Waals surface area contributed by atoms with Gasteiger partial charge >= 0.3 is 0 Å². The zero-order valence-electron chi connectivity index (χ0n) is 3.91. The molecule has 0 amide bonds. The van der Waals surface area contributed by atoms with Crippen molar-refractivity contribution < 1.29 is 4.79 Å². The summed E-state index contributed by atoms with van der Waals surface area (Å²) in [5.74, 6) is 0.543. The fourth-order valence-corrected chi connectivity index (χ4v) is 0.340. The summed E-state index contributed by atoms with van der Waals surface area (Å²) in [6, 6.07) is 0. The van der Waals surface area contributed by atoms with Crippen LogP contribution in [0.15, 0.2) is 0 Å². The molecule has 0 bridgehead atoms. The molecule has 7 heavy (non-hydrogen) atoms. The highest BCUT2D eigenvalue weighted by Gasteiger charge is 1.78. The normalized spacial score (nSPS) is 8.71. The third-order valence-electron chi connectivity index (χ3n) is 0.468. The van der Waals surface area contributed by atoms with Crippen molar-refractivity contribution in [1.82, 2.24) is 5.32 Å². The Morgan fingerprint density at radius 2 is 2.43 bits per heavy atom. The van der Waals surface area contributed by atoms with Gasteiger partial charge in [0.1, 0.15) is 0 Å². The van der Waals surface area contributed by atoms with Gasteiger partial charge in [0.05, 0.1) is 6.54 Å². The minimum atomic E-state index is 0.284. The van der Waals surface area contributed by atoms with Gasteiger partial charge in [0, 0.05) is 12.4 Å². The van der Waals surface area contributed by atoms with Crippen LogP contribution in [0.2, 0.25) is 0 Å². The summed E-state index contributed by atoms with van der Waals surface area (Å²) in [6.45, 7) is 0.962. The van der Waals surface area contributed by atoms with Crippen LogP contribution in [0.1, 0.15) is 0 Å². The summed E-state index contributed by atoms with van der Waals surface area (Å²) in [4.78, 5) is 9.45. The Morgan fingerprint density at radius 3 is 2.86 bits per heavy atom. The third kappa shape index (κ3) is 5.92. The van der Waals surface area contributed by atoms with E-state index in [0.717, 1.165) is 0 Å². The van der Waals surface area contributed by atoms with Gasteiger partial charge in [-0.15, -0.1) is 11.6 Å². The number of halogens is 1. The summed E-state index contributed by atoms with van der Waals surface area (Å²) in [5.41, 5.74) is 0. The Balaban J connectivity index is 2.56. The molecule has 0 aliphatic heterocycles. The van der Waals surface area contributed by atoms with Crippen molar-refractivity contribution in [1.29, 1.82) is 0 Å². The van der Waals surface area contributed by atoms with Crippen LogP contribution in [0.5, 0.6) is 0 Å². The van der Waals surface area contributed by atoms with Crippen LogP contribution >= 0.6 is 11.6 Å². The highest BCUT2D eigenvalue weighted by atomic mass is 35.5. The first-order valence-corrected chi connectivity index (χ1v) is 2.57. The second kappa shape index (κ2) is 5.92. The van der Waals surface area contributed by atoms with Gasteiger partial charge in [-0.3, -0.25) is 4.79 Å². The van der Waals surface area contributed by atoms with Crippen LogP contribution in [-0.4, -0.2) is 25.3 Å². The Hall–Kier alpha value is -0.0800. The quantitative estimate of drug-likeness (QED) is 0.416. The Kier molecular flexibility index (Phi) is 5.85. The molecule has 0 fully saturated rings. The zero-order chi connectivity index (χ0) is 5.54. The molecule has 0 aliphatic rings. The molecule has 1 radical (unpaired) electrons. The average Bonchev–Trinajstić information content (AvgIpc) is 1.69. The molecule has 0 atom stereocenters. The van der Waals surface area contributed by atoms with Gasteiger partial charge in [0.15, 0.2) is 0 Å². The first-order valence-electron chi connectivity index (χ1n) is 2.03. The molecule has 3 heteroatoms. The highest BCUT2D eigenvalue weighted by Crippen LogP contribution is 1.66. The van der Waals surface area contributed by atoms with Crippen molar-refractivity contribution in [2.75, 3.05) is 19.0 Å². The molecule has 0 saturated carbocycles. The van der Waals surface area contributed by atoms with Crippen molar-refractivity contribution in [3.8, 4) is 0 Å². The molecule has 0 heterocycles. The predicted molar refractivity (Wildman–Crippen MR) is 29.3 cm³/mol. The molecule has 41 valence electrons. The van der Waals surface area contributed by atoms with Crippen molar-refractivity contribution in [2.45, 2.75) is 0 Å². The number of hydrogen-bond acceptors (Lipinski definition) is 2. The largest absolute Gasteiger partial charge is 0.308 e. The molecule has 0 aliphatic carbocycles. The fraction of sp³-hybridized carbons (Fsp3) is 0.750. The molecule has 0 aromatic carbocycles. The summed E-state index contributed by atoms with van der Waals surface area (Å²) in [7, 11) is 0. The van der Waals surface area contributed by atoms with E-state index in [1.165, 1.54) is 0 Å². The smallest absolute Gasteiger partial charge is 0.213 e. The lowest BCUT2D eigenvalue weighted by atomic mass is 10.6. The van der Waals surface area contributed by atoms with Gasteiger partial charge in [0.25, 0.3) is 0 Å². The topological polar surface area (TPSA) is 29.1 Å². The van der Waals surface area contributed by atoms with E-state index >= 15 is 0 Å². The van der Waals surface area contributed by atoms with Gasteiger partial charge in [-0.2, -0.15) is 0 Å². The monoisotopic (exact) mass is 120 g/mol. The van der Waals surface area contributed by atoms with Gasteiger partial charge in [-0.25, -0.2) is 0 Å². The van der Waals surface area contributed by atoms with Crippen LogP contribution < -0.4 is 5.32 Å². The van der Waals surface area contributed by atoms with E-state index in [-0.39, 0.29) is 6.54 Å². The molecule has 2 nitrogen and oxygen atoms in total. The van der Waals surface area contributed by atoms with E-state index in [1.54, 1.807) is 6.29 Å². The van der Waals surface area contributed by atoms with Crippen molar-refractivity contribution in [2.24, 2.45) is 0 Å². The minimum Gasteiger partial charge on any atom is -0.308 e. The maximum Gasteiger partial charge on any atom is 0.213 e. The van der Waals surface area contributed by atoms with Gasteiger partial charge in [0.2, 0.25) is 6.29 Å². The Morgan fingerprint density at radius 1 is 1.71 bits per heavy atom. The van der Waals surface area contributed by atoms with E-state index < -0.39 is 0 Å². The molecule has 0 aromatic heterocycles. The maximum absolute atomic E-state index is 9.45. The van der Waals surface area contributed by atoms with Gasteiger partial charge in [-0.05, 0) is 0 Å². The minimum absolute atomic E-state index is 0.284. The number of carbonyl (C=O) groups excluding carboxylic acids is 1. The first-order chi connectivity index (χ1) is 3.41. The van der Waals surface area contributed by atoms with E-state index in [9.17, 15) is 4.79 Å². The number of nitrogens with one attached hydrogen (secondary N) is 1. The van der Waals surface area contributed by atoms with E-state index in [2.05, 4.69) is 5.32 Å². The lowest BCUT2D eigenvalue weighted by Gasteiger charge is -1.89. The molecule has 0 saturated heterocycles. The Bertz CT molecular complexity index is 49.0. The van der Waals surface area contributed by atoms with Gasteiger partial charge < -0.3 is 5.32 Å². The van der Waals surface area contributed by atoms with Gasteiger partial charge in [-0.1, -0.05) is 0 Å². The van der Waals surface area contributed by atoms with Crippen LogP contribution in [0.25, 0.3) is 0 Å². The molecule has 0 spiro atoms. The molecule has 0 aromatic rings. The summed E-state index contributed by atoms with van der Waals surface area (Å²) in [5, 5.41) is 2.73. The second-order valence-electron chi connectivity index (χ2n) is 1.01. The molecule has 0 unspecified atom stereocenters. The second-order valence-corrected chi connectivity index (χ2v) is 1.39. The molecule has 1 N–H and O–H groups in total. The van der Waals surface area contributed by atoms with E-state index in [0.29, 0.717) is 12.4 Å². The van der Waals surface area contributed by atoms with Crippen LogP contribution in [0, 0.1) is 0 Å². The third-order valence-corrected chi connectivity index (χ3v) is 0.657. The predicted octanol–water partition coefficient (Wildman–Crippen LogP) is -0.0755. The summed E-state index contributed by atoms with van der Waals surface area (Å²) >= 11 is 5.24. The summed E-state index contributed by atoms with van der Waals surface area (Å²) < 4.78 is 0. The SMILES string of the molecule is O=[C]CNCCCl. The molecular formula is C4H7ClNO. The molecular weight excluding hydrogens is 114 g/mol. The van der Waals surface area contributed by atoms with Crippen LogP contribution in [0.3, 0.4) is 0 Å². The standard InChI is InChI=1S/C4H7ClNO/c5-1-2-6-3-4-7/h6H,1-3H2. The highest BCUT2D eigenvalue weighted by molar-refractivity contribution is 6.18. The number of rotatable bonds is 4. The number of alkyl halides is 1. The van der Waals surface area contributed by atoms with Crippen LogP contribution in [-0.2, 0) is 4.79 Å². The van der Waals surface area contributed by atoms with Crippen molar-refractivity contribution in [3.05, 3.63) is 0 Å². The fourth-order valence-electron chi connectivity index (χ4n) is 0.206. The van der Waals surface area contributed by atoms with Crippen molar-refractivity contribution in [3.63, 3.8) is 0 Å². The number of hydrogen-bond donors (Lipinski definition) is 1. The zero-order valence-corrected chi connectivity index (χ0v) is 4.66. The van der Waals surface area contributed by atoms with Crippen molar-refractivity contribution >= 4 is 17.9 Å². The van der Waals surface area contributed by atoms with Crippen LogP contribution in [0.4, 0.5) is 0 Å². The Labute approximate surface area is 47.8 Å². The maximum atomic E-state index is 9.45. The van der Waals surface area contributed by atoms with E-state index in [1.807, 2.05) is 0 Å². The molecule has 0 rings (SSSR count).